The molecule has 5 aliphatic rings. The first kappa shape index (κ1) is 28.2. The molecule has 5 saturated carbocycles. The van der Waals surface area contributed by atoms with Crippen LogP contribution in [-0.4, -0.2) is 24.6 Å². The number of esters is 2. The van der Waals surface area contributed by atoms with E-state index in [4.69, 9.17) is 9.47 Å². The Labute approximate surface area is 232 Å². The minimum atomic E-state index is -0.140. The first-order valence-electron chi connectivity index (χ1n) is 15.6. The summed E-state index contributed by atoms with van der Waals surface area (Å²) in [5, 5.41) is 0. The average molecular weight is 527 g/mol. The number of rotatable bonds is 4. The molecule has 0 aromatic rings. The molecule has 0 spiro atoms. The molecule has 4 heteroatoms. The van der Waals surface area contributed by atoms with Crippen molar-refractivity contribution >= 4 is 11.9 Å². The molecule has 0 radical (unpaired) electrons. The molecule has 4 nitrogen and oxygen atoms in total. The summed E-state index contributed by atoms with van der Waals surface area (Å²) in [6.45, 7) is 23.1. The van der Waals surface area contributed by atoms with Gasteiger partial charge in [0.2, 0.25) is 0 Å². The second-order valence-electron chi connectivity index (χ2n) is 15.8. The van der Waals surface area contributed by atoms with Gasteiger partial charge in [-0.25, -0.2) is 0 Å². The highest BCUT2D eigenvalue weighted by atomic mass is 16.5. The summed E-state index contributed by atoms with van der Waals surface area (Å²) in [6, 6.07) is 0. The van der Waals surface area contributed by atoms with Gasteiger partial charge in [-0.15, -0.1) is 0 Å². The van der Waals surface area contributed by atoms with Gasteiger partial charge in [0, 0.05) is 24.7 Å². The van der Waals surface area contributed by atoms with Crippen LogP contribution < -0.4 is 0 Å². The summed E-state index contributed by atoms with van der Waals surface area (Å²) >= 11 is 0. The third kappa shape index (κ3) is 3.80. The van der Waals surface area contributed by atoms with Crippen LogP contribution >= 0.6 is 0 Å². The van der Waals surface area contributed by atoms with Crippen LogP contribution in [0.25, 0.3) is 0 Å². The van der Waals surface area contributed by atoms with E-state index in [2.05, 4.69) is 48.1 Å². The van der Waals surface area contributed by atoms with Crippen molar-refractivity contribution in [1.29, 1.82) is 0 Å². The summed E-state index contributed by atoms with van der Waals surface area (Å²) in [4.78, 5) is 23.8. The second kappa shape index (κ2) is 9.10. The smallest absolute Gasteiger partial charge is 0.302 e. The summed E-state index contributed by atoms with van der Waals surface area (Å²) in [7, 11) is 0. The van der Waals surface area contributed by atoms with Crippen molar-refractivity contribution in [3.05, 3.63) is 12.2 Å². The van der Waals surface area contributed by atoms with E-state index in [1.165, 1.54) is 56.9 Å². The van der Waals surface area contributed by atoms with Gasteiger partial charge in [0.15, 0.2) is 0 Å². The molecule has 214 valence electrons. The Balaban J connectivity index is 1.49. The minimum Gasteiger partial charge on any atom is -0.465 e. The van der Waals surface area contributed by atoms with Crippen molar-refractivity contribution in [2.75, 3.05) is 6.61 Å². The van der Waals surface area contributed by atoms with Crippen LogP contribution in [0.15, 0.2) is 12.2 Å². The summed E-state index contributed by atoms with van der Waals surface area (Å²) in [6.07, 6.45) is 12.0. The molecular weight excluding hydrogens is 472 g/mol. The van der Waals surface area contributed by atoms with Gasteiger partial charge in [-0.2, -0.15) is 0 Å². The maximum Gasteiger partial charge on any atom is 0.302 e. The lowest BCUT2D eigenvalue weighted by Gasteiger charge is -2.73. The van der Waals surface area contributed by atoms with Crippen LogP contribution in [0.2, 0.25) is 0 Å². The molecule has 0 amide bonds. The standard InChI is InChI=1S/C34H54O4/c1-21(2)24-12-17-34(20-37-22(3)35)19-18-32(8)25(29(24)34)10-11-27-31(7)15-14-28(38-23(4)36)30(5,6)26(31)13-16-33(27,32)9/h24-29H,1,10-20H2,2-9H3/t24?,25?,26?,27?,28-,29?,31-,32+,33+,34?/m0/s1. The molecule has 38 heavy (non-hydrogen) atoms. The number of fused-ring (bicyclic) bond motifs is 7. The molecule has 0 aromatic carbocycles. The molecule has 5 aliphatic carbocycles. The van der Waals surface area contributed by atoms with Gasteiger partial charge in [-0.3, -0.25) is 9.59 Å². The molecule has 0 N–H and O–H groups in total. The molecule has 0 aromatic heterocycles. The van der Waals surface area contributed by atoms with Crippen molar-refractivity contribution in [1.82, 2.24) is 0 Å². The number of carbonyl (C=O) groups excluding carboxylic acids is 2. The summed E-state index contributed by atoms with van der Waals surface area (Å²) in [5.41, 5.74) is 2.30. The van der Waals surface area contributed by atoms with Crippen molar-refractivity contribution in [2.24, 2.45) is 56.7 Å². The van der Waals surface area contributed by atoms with Gasteiger partial charge < -0.3 is 9.47 Å². The molecule has 10 atom stereocenters. The molecule has 0 heterocycles. The highest BCUT2D eigenvalue weighted by Gasteiger charge is 2.71. The van der Waals surface area contributed by atoms with Crippen molar-refractivity contribution in [3.8, 4) is 0 Å². The van der Waals surface area contributed by atoms with Gasteiger partial charge in [0.1, 0.15) is 6.10 Å². The Bertz CT molecular complexity index is 998. The minimum absolute atomic E-state index is 0.00000109. The van der Waals surface area contributed by atoms with Crippen LogP contribution in [0.5, 0.6) is 0 Å². The topological polar surface area (TPSA) is 52.6 Å². The zero-order valence-corrected chi connectivity index (χ0v) is 25.6. The number of carbonyl (C=O) groups is 2. The molecule has 5 fully saturated rings. The summed E-state index contributed by atoms with van der Waals surface area (Å²) < 4.78 is 11.7. The molecule has 6 unspecified atom stereocenters. The monoisotopic (exact) mass is 526 g/mol. The third-order valence-corrected chi connectivity index (χ3v) is 14.0. The fourth-order valence-electron chi connectivity index (χ4n) is 12.2. The first-order chi connectivity index (χ1) is 17.6. The quantitative estimate of drug-likeness (QED) is 0.274. The number of allylic oxidation sites excluding steroid dienone is 1. The van der Waals surface area contributed by atoms with Gasteiger partial charge in [-0.05, 0) is 117 Å². The van der Waals surface area contributed by atoms with E-state index in [9.17, 15) is 9.59 Å². The largest absolute Gasteiger partial charge is 0.465 e. The predicted molar refractivity (Wildman–Crippen MR) is 151 cm³/mol. The van der Waals surface area contributed by atoms with Crippen LogP contribution in [-0.2, 0) is 19.1 Å². The normalized spacial score (nSPS) is 49.1. The molecule has 0 bridgehead atoms. The Morgan fingerprint density at radius 3 is 2.11 bits per heavy atom. The van der Waals surface area contributed by atoms with E-state index in [1.807, 2.05) is 0 Å². The van der Waals surface area contributed by atoms with Crippen molar-refractivity contribution in [2.45, 2.75) is 126 Å². The van der Waals surface area contributed by atoms with Gasteiger partial charge in [0.05, 0.1) is 6.61 Å². The van der Waals surface area contributed by atoms with E-state index in [-0.39, 0.29) is 39.7 Å². The fourth-order valence-corrected chi connectivity index (χ4v) is 12.2. The van der Waals surface area contributed by atoms with Gasteiger partial charge >= 0.3 is 11.9 Å². The number of ether oxygens (including phenoxy) is 2. The third-order valence-electron chi connectivity index (χ3n) is 14.0. The Hall–Kier alpha value is -1.32. The molecular formula is C34H54O4. The second-order valence-corrected chi connectivity index (χ2v) is 15.8. The Morgan fingerprint density at radius 1 is 0.763 bits per heavy atom. The molecule has 0 saturated heterocycles. The average Bonchev–Trinajstić information content (AvgIpc) is 3.20. The first-order valence-corrected chi connectivity index (χ1v) is 15.6. The Kier molecular flexibility index (Phi) is 6.76. The van der Waals surface area contributed by atoms with E-state index in [0.717, 1.165) is 12.8 Å². The summed E-state index contributed by atoms with van der Waals surface area (Å²) in [5.74, 6) is 2.76. The van der Waals surface area contributed by atoms with Crippen LogP contribution in [0.4, 0.5) is 0 Å². The van der Waals surface area contributed by atoms with Crippen LogP contribution in [0.1, 0.15) is 120 Å². The van der Waals surface area contributed by atoms with E-state index in [1.54, 1.807) is 13.8 Å². The van der Waals surface area contributed by atoms with Crippen molar-refractivity contribution < 1.29 is 19.1 Å². The molecule has 0 aliphatic heterocycles. The fraction of sp³-hybridized carbons (Fsp3) is 0.882. The number of hydrogen-bond donors (Lipinski definition) is 0. The maximum atomic E-state index is 11.9. The predicted octanol–water partition coefficient (Wildman–Crippen LogP) is 8.14. The van der Waals surface area contributed by atoms with E-state index < -0.39 is 0 Å². The lowest BCUT2D eigenvalue weighted by atomic mass is 9.32. The number of hydrogen-bond acceptors (Lipinski definition) is 4. The zero-order chi connectivity index (χ0) is 27.9. The highest BCUT2D eigenvalue weighted by Crippen LogP contribution is 2.77. The Morgan fingerprint density at radius 2 is 1.47 bits per heavy atom. The van der Waals surface area contributed by atoms with Gasteiger partial charge in [0.25, 0.3) is 0 Å². The maximum absolute atomic E-state index is 11.9. The van der Waals surface area contributed by atoms with Crippen LogP contribution in [0.3, 0.4) is 0 Å². The van der Waals surface area contributed by atoms with Crippen molar-refractivity contribution in [3.63, 3.8) is 0 Å². The van der Waals surface area contributed by atoms with Crippen LogP contribution in [0, 0.1) is 56.7 Å². The van der Waals surface area contributed by atoms with E-state index >= 15 is 0 Å². The lowest BCUT2D eigenvalue weighted by Crippen LogP contribution is -2.67. The lowest BCUT2D eigenvalue weighted by molar-refractivity contribution is -0.252. The van der Waals surface area contributed by atoms with E-state index in [0.29, 0.717) is 41.6 Å². The molecule has 5 rings (SSSR count). The SMILES string of the molecule is C=C(C)C1CCC2(COC(C)=O)CC[C@]3(C)C(CCC4[C@@]5(C)CC[C@H](OC(C)=O)C(C)(C)C5CC[C@]43C)C12. The highest BCUT2D eigenvalue weighted by molar-refractivity contribution is 5.66. The van der Waals surface area contributed by atoms with Gasteiger partial charge in [-0.1, -0.05) is 46.8 Å². The zero-order valence-electron chi connectivity index (χ0n) is 25.6.